The van der Waals surface area contributed by atoms with E-state index in [2.05, 4.69) is 20.9 Å². The summed E-state index contributed by atoms with van der Waals surface area (Å²) >= 11 is 3.40. The second-order valence-corrected chi connectivity index (χ2v) is 8.18. The van der Waals surface area contributed by atoms with Gasteiger partial charge in [-0.05, 0) is 84.3 Å². The molecule has 106 valence electrons. The number of rotatable bonds is 3. The minimum Gasteiger partial charge on any atom is -0.299 e. The summed E-state index contributed by atoms with van der Waals surface area (Å²) in [5.41, 5.74) is 0.942. The Labute approximate surface area is 128 Å². The molecule has 2 nitrogen and oxygen atoms in total. The summed E-state index contributed by atoms with van der Waals surface area (Å²) in [4.78, 5) is 17.3. The fraction of sp³-hybridized carbons (Fsp3) is 0.647. The quantitative estimate of drug-likeness (QED) is 0.830. The van der Waals surface area contributed by atoms with Crippen molar-refractivity contribution in [2.24, 2.45) is 23.2 Å². The lowest BCUT2D eigenvalue weighted by Crippen LogP contribution is -2.50. The van der Waals surface area contributed by atoms with Crippen LogP contribution in [0.2, 0.25) is 0 Å². The van der Waals surface area contributed by atoms with Crippen molar-refractivity contribution in [2.75, 3.05) is 0 Å². The van der Waals surface area contributed by atoms with Crippen LogP contribution in [-0.2, 0) is 11.2 Å². The Morgan fingerprint density at radius 3 is 2.25 bits per heavy atom. The van der Waals surface area contributed by atoms with Crippen molar-refractivity contribution in [3.8, 4) is 0 Å². The van der Waals surface area contributed by atoms with Gasteiger partial charge in [-0.3, -0.25) is 9.78 Å². The number of carbonyl (C=O) groups excluding carboxylic acids is 1. The zero-order valence-corrected chi connectivity index (χ0v) is 13.2. The van der Waals surface area contributed by atoms with E-state index in [1.54, 1.807) is 6.20 Å². The van der Waals surface area contributed by atoms with Crippen LogP contribution in [0.15, 0.2) is 22.8 Å². The summed E-state index contributed by atoms with van der Waals surface area (Å²) in [7, 11) is 0. The van der Waals surface area contributed by atoms with Gasteiger partial charge in [0.1, 0.15) is 5.78 Å². The van der Waals surface area contributed by atoms with Crippen LogP contribution in [0, 0.1) is 23.2 Å². The molecular formula is C17H20BrNO. The predicted octanol–water partition coefficient (Wildman–Crippen LogP) is 4.17. The van der Waals surface area contributed by atoms with Crippen molar-refractivity contribution in [3.05, 3.63) is 28.5 Å². The SMILES string of the molecule is O=C(Cc1ccc(Br)cn1)C12CC3CC(CC(C3)C1)C2. The van der Waals surface area contributed by atoms with Crippen LogP contribution in [0.3, 0.4) is 0 Å². The topological polar surface area (TPSA) is 30.0 Å². The monoisotopic (exact) mass is 333 g/mol. The molecule has 0 saturated heterocycles. The molecule has 4 aliphatic rings. The molecule has 4 bridgehead atoms. The van der Waals surface area contributed by atoms with Crippen molar-refractivity contribution in [1.82, 2.24) is 4.98 Å². The highest BCUT2D eigenvalue weighted by molar-refractivity contribution is 9.10. The van der Waals surface area contributed by atoms with E-state index in [9.17, 15) is 4.79 Å². The summed E-state index contributed by atoms with van der Waals surface area (Å²) in [6.45, 7) is 0. The minimum absolute atomic E-state index is 0.0174. The molecule has 1 heterocycles. The Hall–Kier alpha value is -0.700. The van der Waals surface area contributed by atoms with Gasteiger partial charge < -0.3 is 0 Å². The number of nitrogens with zero attached hydrogens (tertiary/aromatic N) is 1. The van der Waals surface area contributed by atoms with Crippen LogP contribution in [0.4, 0.5) is 0 Å². The molecule has 0 unspecified atom stereocenters. The third-order valence-corrected chi connectivity index (χ3v) is 6.23. The van der Waals surface area contributed by atoms with Gasteiger partial charge in [0.15, 0.2) is 0 Å². The number of hydrogen-bond donors (Lipinski definition) is 0. The Morgan fingerprint density at radius 1 is 1.15 bits per heavy atom. The first-order valence-corrected chi connectivity index (χ1v) is 8.56. The third-order valence-electron chi connectivity index (χ3n) is 5.76. The number of carbonyl (C=O) groups is 1. The summed E-state index contributed by atoms with van der Waals surface area (Å²) < 4.78 is 0.975. The number of halogens is 1. The number of hydrogen-bond acceptors (Lipinski definition) is 2. The average Bonchev–Trinajstić information content (AvgIpc) is 2.40. The molecule has 0 aliphatic heterocycles. The van der Waals surface area contributed by atoms with E-state index in [0.717, 1.165) is 47.2 Å². The van der Waals surface area contributed by atoms with Crippen LogP contribution < -0.4 is 0 Å². The van der Waals surface area contributed by atoms with Gasteiger partial charge in [-0.2, -0.15) is 0 Å². The van der Waals surface area contributed by atoms with E-state index in [1.165, 1.54) is 19.3 Å². The Balaban J connectivity index is 1.54. The van der Waals surface area contributed by atoms with Gasteiger partial charge in [0.05, 0.1) is 0 Å². The molecule has 1 aromatic heterocycles. The van der Waals surface area contributed by atoms with Gasteiger partial charge in [-0.15, -0.1) is 0 Å². The fourth-order valence-corrected chi connectivity index (χ4v) is 5.55. The summed E-state index contributed by atoms with van der Waals surface area (Å²) in [6, 6.07) is 3.96. The molecule has 1 aromatic rings. The average molecular weight is 334 g/mol. The second-order valence-electron chi connectivity index (χ2n) is 7.27. The van der Waals surface area contributed by atoms with E-state index in [4.69, 9.17) is 0 Å². The molecule has 0 N–H and O–H groups in total. The number of aromatic nitrogens is 1. The van der Waals surface area contributed by atoms with Crippen LogP contribution >= 0.6 is 15.9 Å². The number of ketones is 1. The molecule has 0 amide bonds. The fourth-order valence-electron chi connectivity index (χ4n) is 5.32. The van der Waals surface area contributed by atoms with E-state index in [-0.39, 0.29) is 5.41 Å². The Morgan fingerprint density at radius 2 is 1.75 bits per heavy atom. The second kappa shape index (κ2) is 4.66. The summed E-state index contributed by atoms with van der Waals surface area (Å²) in [5.74, 6) is 2.97. The number of pyridine rings is 1. The molecular weight excluding hydrogens is 314 g/mol. The lowest BCUT2D eigenvalue weighted by Gasteiger charge is -2.56. The largest absolute Gasteiger partial charge is 0.299 e. The molecule has 4 aliphatic carbocycles. The van der Waals surface area contributed by atoms with Gasteiger partial charge >= 0.3 is 0 Å². The van der Waals surface area contributed by atoms with Crippen molar-refractivity contribution >= 4 is 21.7 Å². The normalized spacial score (nSPS) is 38.1. The van der Waals surface area contributed by atoms with E-state index < -0.39 is 0 Å². The van der Waals surface area contributed by atoms with Crippen molar-refractivity contribution in [1.29, 1.82) is 0 Å². The van der Waals surface area contributed by atoms with Gasteiger partial charge in [-0.1, -0.05) is 0 Å². The van der Waals surface area contributed by atoms with Crippen molar-refractivity contribution in [2.45, 2.75) is 44.9 Å². The zero-order valence-electron chi connectivity index (χ0n) is 11.6. The molecule has 20 heavy (non-hydrogen) atoms. The highest BCUT2D eigenvalue weighted by atomic mass is 79.9. The Kier molecular flexibility index (Phi) is 3.03. The van der Waals surface area contributed by atoms with Crippen LogP contribution in [0.1, 0.15) is 44.2 Å². The smallest absolute Gasteiger partial charge is 0.144 e. The molecule has 0 spiro atoms. The van der Waals surface area contributed by atoms with Gasteiger partial charge in [-0.25, -0.2) is 0 Å². The maximum atomic E-state index is 12.9. The van der Waals surface area contributed by atoms with Gasteiger partial charge in [0.25, 0.3) is 0 Å². The van der Waals surface area contributed by atoms with E-state index in [0.29, 0.717) is 12.2 Å². The molecule has 3 heteroatoms. The molecule has 0 aromatic carbocycles. The standard InChI is InChI=1S/C17H20BrNO/c18-14-1-2-15(19-10-14)6-16(20)17-7-11-3-12(8-17)5-13(4-11)9-17/h1-2,10-13H,3-9H2. The minimum atomic E-state index is 0.0174. The third kappa shape index (κ3) is 2.14. The van der Waals surface area contributed by atoms with Gasteiger partial charge in [0.2, 0.25) is 0 Å². The lowest BCUT2D eigenvalue weighted by molar-refractivity contribution is -0.143. The first-order chi connectivity index (χ1) is 9.63. The van der Waals surface area contributed by atoms with Gasteiger partial charge in [0, 0.05) is 28.2 Å². The maximum Gasteiger partial charge on any atom is 0.144 e. The first kappa shape index (κ1) is 13.0. The Bertz CT molecular complexity index is 501. The van der Waals surface area contributed by atoms with Crippen LogP contribution in [0.5, 0.6) is 0 Å². The zero-order chi connectivity index (χ0) is 13.7. The molecule has 0 atom stereocenters. The van der Waals surface area contributed by atoms with Crippen molar-refractivity contribution in [3.63, 3.8) is 0 Å². The molecule has 4 saturated carbocycles. The first-order valence-electron chi connectivity index (χ1n) is 7.77. The molecule has 4 fully saturated rings. The molecule has 5 rings (SSSR count). The highest BCUT2D eigenvalue weighted by Crippen LogP contribution is 2.60. The van der Waals surface area contributed by atoms with Crippen LogP contribution in [0.25, 0.3) is 0 Å². The van der Waals surface area contributed by atoms with E-state index >= 15 is 0 Å². The summed E-state index contributed by atoms with van der Waals surface area (Å²) in [5, 5.41) is 0. The maximum absolute atomic E-state index is 12.9. The highest BCUT2D eigenvalue weighted by Gasteiger charge is 2.54. The predicted molar refractivity (Wildman–Crippen MR) is 81.3 cm³/mol. The number of Topliss-reactive ketones (excluding diaryl/α,β-unsaturated/α-hetero) is 1. The lowest BCUT2D eigenvalue weighted by atomic mass is 9.48. The van der Waals surface area contributed by atoms with Crippen LogP contribution in [-0.4, -0.2) is 10.8 Å². The summed E-state index contributed by atoms with van der Waals surface area (Å²) in [6.07, 6.45) is 9.98. The molecule has 0 radical (unpaired) electrons. The van der Waals surface area contributed by atoms with Crippen molar-refractivity contribution < 1.29 is 4.79 Å². The van der Waals surface area contributed by atoms with E-state index in [1.807, 2.05) is 12.1 Å².